The molecule has 1 aromatic carbocycles. The van der Waals surface area contributed by atoms with Crippen molar-refractivity contribution in [3.05, 3.63) is 65.7 Å². The molecule has 1 saturated carbocycles. The fourth-order valence-electron chi connectivity index (χ4n) is 3.30. The summed E-state index contributed by atoms with van der Waals surface area (Å²) >= 11 is 0. The van der Waals surface area contributed by atoms with Crippen LogP contribution in [0.5, 0.6) is 0 Å². The maximum Gasteiger partial charge on any atom is 0.407 e. The van der Waals surface area contributed by atoms with Gasteiger partial charge in [-0.2, -0.15) is 18.4 Å². The minimum absolute atomic E-state index is 0.0628. The normalized spacial score (nSPS) is 16.8. The topological polar surface area (TPSA) is 112 Å². The Labute approximate surface area is 194 Å². The number of aromatic nitrogens is 1. The summed E-state index contributed by atoms with van der Waals surface area (Å²) in [7, 11) is -4.01. The Kier molecular flexibility index (Phi) is 7.57. The van der Waals surface area contributed by atoms with Crippen LogP contribution in [0.4, 0.5) is 17.6 Å². The summed E-state index contributed by atoms with van der Waals surface area (Å²) in [6, 6.07) is 4.41. The van der Waals surface area contributed by atoms with E-state index in [4.69, 9.17) is 0 Å². The average molecular weight is 499 g/mol. The van der Waals surface area contributed by atoms with E-state index in [0.717, 1.165) is 24.3 Å². The van der Waals surface area contributed by atoms with Crippen LogP contribution in [-0.4, -0.2) is 48.6 Å². The number of carbonyl (C=O) groups is 1. The van der Waals surface area contributed by atoms with E-state index in [1.165, 1.54) is 12.4 Å². The molecule has 0 aliphatic heterocycles. The Morgan fingerprint density at radius 3 is 2.41 bits per heavy atom. The quantitative estimate of drug-likeness (QED) is 0.487. The van der Waals surface area contributed by atoms with E-state index in [2.05, 4.69) is 15.6 Å². The number of benzene rings is 1. The second-order valence-corrected chi connectivity index (χ2v) is 10.4. The van der Waals surface area contributed by atoms with Crippen molar-refractivity contribution < 1.29 is 30.8 Å². The van der Waals surface area contributed by atoms with E-state index in [1.807, 2.05) is 6.07 Å². The van der Waals surface area contributed by atoms with E-state index < -0.39 is 56.9 Å². The first kappa shape index (κ1) is 25.6. The Bertz CT molecular complexity index is 1150. The highest BCUT2D eigenvalue weighted by Gasteiger charge is 2.48. The predicted molar refractivity (Wildman–Crippen MR) is 114 cm³/mol. The minimum Gasteiger partial charge on any atom is -0.336 e. The number of nitriles is 1. The summed E-state index contributed by atoms with van der Waals surface area (Å²) in [5, 5.41) is 13.7. The second-order valence-electron chi connectivity index (χ2n) is 8.15. The smallest absolute Gasteiger partial charge is 0.336 e. The number of amides is 1. The van der Waals surface area contributed by atoms with Crippen LogP contribution in [0.3, 0.4) is 0 Å². The standard InChI is InChI=1S/C22H22F4N4O3S/c23-17-5-3-16(4-6-17)19(22(24,25)26)29-18(20(31)30-21(14-27)8-9-21)13-34(32,33)11-7-15-2-1-10-28-12-15/h1-6,10,12,18-19,29H,7-9,11,13H2,(H,30,31)/t18-,19-/m0/s1. The van der Waals surface area contributed by atoms with Gasteiger partial charge in [0.25, 0.3) is 0 Å². The Hall–Kier alpha value is -3.04. The number of hydrogen-bond acceptors (Lipinski definition) is 6. The number of pyridine rings is 1. The number of rotatable bonds is 10. The molecular weight excluding hydrogens is 476 g/mol. The SMILES string of the molecule is N#CC1(NC(=O)[C@H](CS(=O)(=O)CCc2cccnc2)N[C@@H](c2ccc(F)cc2)C(F)(F)F)CC1. The summed E-state index contributed by atoms with van der Waals surface area (Å²) in [4.78, 5) is 16.7. The maximum absolute atomic E-state index is 13.9. The van der Waals surface area contributed by atoms with Gasteiger partial charge in [-0.15, -0.1) is 0 Å². The molecule has 34 heavy (non-hydrogen) atoms. The van der Waals surface area contributed by atoms with Crippen LogP contribution in [0.15, 0.2) is 48.8 Å². The summed E-state index contributed by atoms with van der Waals surface area (Å²) in [6.07, 6.45) is -1.24. The molecule has 2 aromatic rings. The van der Waals surface area contributed by atoms with Crippen molar-refractivity contribution in [3.63, 3.8) is 0 Å². The van der Waals surface area contributed by atoms with Gasteiger partial charge in [0.2, 0.25) is 5.91 Å². The molecule has 1 aromatic heterocycles. The van der Waals surface area contributed by atoms with Gasteiger partial charge in [-0.25, -0.2) is 12.8 Å². The molecule has 1 heterocycles. The summed E-state index contributed by atoms with van der Waals surface area (Å²) < 4.78 is 80.3. The Morgan fingerprint density at radius 1 is 1.21 bits per heavy atom. The Balaban J connectivity index is 1.83. The maximum atomic E-state index is 13.9. The molecule has 12 heteroatoms. The van der Waals surface area contributed by atoms with Crippen molar-refractivity contribution in [2.45, 2.75) is 43.1 Å². The number of aryl methyl sites for hydroxylation is 1. The number of sulfone groups is 1. The van der Waals surface area contributed by atoms with Crippen LogP contribution in [-0.2, 0) is 21.1 Å². The highest BCUT2D eigenvalue weighted by atomic mass is 32.2. The molecule has 3 rings (SSSR count). The van der Waals surface area contributed by atoms with Crippen LogP contribution >= 0.6 is 0 Å². The summed E-state index contributed by atoms with van der Waals surface area (Å²) in [5.74, 6) is -3.11. The third-order valence-electron chi connectivity index (χ3n) is 5.39. The minimum atomic E-state index is -4.91. The molecule has 7 nitrogen and oxygen atoms in total. The van der Waals surface area contributed by atoms with Gasteiger partial charge in [0.05, 0.1) is 17.6 Å². The third kappa shape index (κ3) is 6.98. The largest absolute Gasteiger partial charge is 0.407 e. The zero-order chi connectivity index (χ0) is 25.0. The van der Waals surface area contributed by atoms with E-state index in [0.29, 0.717) is 18.4 Å². The molecule has 0 spiro atoms. The van der Waals surface area contributed by atoms with Crippen LogP contribution in [0.1, 0.15) is 30.0 Å². The fraction of sp³-hybridized carbons (Fsp3) is 0.409. The first-order chi connectivity index (χ1) is 15.9. The number of hydrogen-bond donors (Lipinski definition) is 2. The van der Waals surface area contributed by atoms with E-state index in [-0.39, 0.29) is 12.0 Å². The highest BCUT2D eigenvalue weighted by molar-refractivity contribution is 7.91. The third-order valence-corrected chi connectivity index (χ3v) is 7.05. The molecule has 1 amide bonds. The molecular formula is C22H22F4N4O3S. The van der Waals surface area contributed by atoms with Gasteiger partial charge in [0.1, 0.15) is 23.4 Å². The molecule has 1 aliphatic carbocycles. The van der Waals surface area contributed by atoms with Crippen LogP contribution < -0.4 is 10.6 Å². The van der Waals surface area contributed by atoms with Crippen molar-refractivity contribution in [1.82, 2.24) is 15.6 Å². The lowest BCUT2D eigenvalue weighted by Crippen LogP contribution is -2.54. The lowest BCUT2D eigenvalue weighted by Gasteiger charge is -2.28. The lowest BCUT2D eigenvalue weighted by molar-refractivity contribution is -0.160. The van der Waals surface area contributed by atoms with Crippen molar-refractivity contribution in [1.29, 1.82) is 5.26 Å². The zero-order valence-corrected chi connectivity index (χ0v) is 18.7. The van der Waals surface area contributed by atoms with Crippen molar-refractivity contribution in [3.8, 4) is 6.07 Å². The van der Waals surface area contributed by atoms with Crippen LogP contribution in [0, 0.1) is 17.1 Å². The highest BCUT2D eigenvalue weighted by Crippen LogP contribution is 2.35. The van der Waals surface area contributed by atoms with Crippen LogP contribution in [0.25, 0.3) is 0 Å². The van der Waals surface area contributed by atoms with Gasteiger partial charge in [0.15, 0.2) is 9.84 Å². The molecule has 182 valence electrons. The average Bonchev–Trinajstić information content (AvgIpc) is 3.56. The van der Waals surface area contributed by atoms with Gasteiger partial charge in [0, 0.05) is 12.4 Å². The molecule has 1 aliphatic rings. The molecule has 0 saturated heterocycles. The van der Waals surface area contributed by atoms with Crippen molar-refractivity contribution >= 4 is 15.7 Å². The summed E-state index contributed by atoms with van der Waals surface area (Å²) in [5.41, 5.74) is -0.984. The summed E-state index contributed by atoms with van der Waals surface area (Å²) in [6.45, 7) is 0. The number of halogens is 4. The molecule has 2 atom stereocenters. The number of carbonyl (C=O) groups excluding carboxylic acids is 1. The van der Waals surface area contributed by atoms with Gasteiger partial charge < -0.3 is 5.32 Å². The molecule has 0 radical (unpaired) electrons. The molecule has 2 N–H and O–H groups in total. The van der Waals surface area contributed by atoms with E-state index >= 15 is 0 Å². The molecule has 1 fully saturated rings. The molecule has 0 bridgehead atoms. The van der Waals surface area contributed by atoms with Gasteiger partial charge >= 0.3 is 6.18 Å². The Morgan fingerprint density at radius 2 is 1.88 bits per heavy atom. The monoisotopic (exact) mass is 498 g/mol. The first-order valence-electron chi connectivity index (χ1n) is 10.3. The number of alkyl halides is 3. The van der Waals surface area contributed by atoms with Gasteiger partial charge in [-0.3, -0.25) is 15.1 Å². The molecule has 0 unspecified atom stereocenters. The van der Waals surface area contributed by atoms with Crippen LogP contribution in [0.2, 0.25) is 0 Å². The number of nitrogens with zero attached hydrogens (tertiary/aromatic N) is 2. The zero-order valence-electron chi connectivity index (χ0n) is 17.8. The predicted octanol–water partition coefficient (Wildman–Crippen LogP) is 2.61. The fourth-order valence-corrected chi connectivity index (χ4v) is 4.77. The first-order valence-corrected chi connectivity index (χ1v) is 12.2. The lowest BCUT2D eigenvalue weighted by atomic mass is 10.0. The van der Waals surface area contributed by atoms with Crippen molar-refractivity contribution in [2.24, 2.45) is 0 Å². The van der Waals surface area contributed by atoms with Gasteiger partial charge in [-0.1, -0.05) is 18.2 Å². The van der Waals surface area contributed by atoms with E-state index in [1.54, 1.807) is 12.1 Å². The number of nitrogens with one attached hydrogen (secondary N) is 2. The second kappa shape index (κ2) is 10.1. The van der Waals surface area contributed by atoms with Crippen molar-refractivity contribution in [2.75, 3.05) is 11.5 Å². The van der Waals surface area contributed by atoms with Gasteiger partial charge in [-0.05, 0) is 48.6 Å². The van der Waals surface area contributed by atoms with E-state index in [9.17, 15) is 36.0 Å².